The maximum absolute atomic E-state index is 12.0. The molecule has 0 spiro atoms. The average molecular weight is 399 g/mol. The molecule has 0 saturated heterocycles. The van der Waals surface area contributed by atoms with E-state index in [0.29, 0.717) is 22.4 Å². The summed E-state index contributed by atoms with van der Waals surface area (Å²) in [5, 5.41) is 4.82. The SMILES string of the molecule is C#Cc1cccc(Nc2nc3cc(C(=O)OC)ccc3c3cnc(NOC)nc23)c1. The van der Waals surface area contributed by atoms with Gasteiger partial charge in [0.1, 0.15) is 5.52 Å². The van der Waals surface area contributed by atoms with Gasteiger partial charge in [-0.25, -0.2) is 25.2 Å². The van der Waals surface area contributed by atoms with Crippen molar-refractivity contribution in [2.75, 3.05) is 25.0 Å². The topological polar surface area (TPSA) is 98.3 Å². The Hall–Kier alpha value is -4.22. The van der Waals surface area contributed by atoms with Crippen LogP contribution in [0.1, 0.15) is 15.9 Å². The molecule has 0 saturated carbocycles. The van der Waals surface area contributed by atoms with Gasteiger partial charge in [0.25, 0.3) is 0 Å². The van der Waals surface area contributed by atoms with Gasteiger partial charge in [-0.2, -0.15) is 0 Å². The lowest BCUT2D eigenvalue weighted by Crippen LogP contribution is -2.05. The summed E-state index contributed by atoms with van der Waals surface area (Å²) in [6.07, 6.45) is 7.18. The van der Waals surface area contributed by atoms with Crippen LogP contribution in [-0.2, 0) is 9.57 Å². The van der Waals surface area contributed by atoms with Crippen LogP contribution in [0.3, 0.4) is 0 Å². The maximum atomic E-state index is 12.0. The molecular formula is C22H17N5O3. The first-order valence-electron chi connectivity index (χ1n) is 8.94. The monoisotopic (exact) mass is 399 g/mol. The molecule has 4 aromatic rings. The van der Waals surface area contributed by atoms with Crippen LogP contribution < -0.4 is 10.8 Å². The van der Waals surface area contributed by atoms with Crippen LogP contribution in [0.4, 0.5) is 17.5 Å². The Morgan fingerprint density at radius 3 is 2.73 bits per heavy atom. The second-order valence-corrected chi connectivity index (χ2v) is 6.30. The smallest absolute Gasteiger partial charge is 0.337 e. The van der Waals surface area contributed by atoms with Crippen LogP contribution in [0, 0.1) is 12.3 Å². The van der Waals surface area contributed by atoms with E-state index < -0.39 is 5.97 Å². The van der Waals surface area contributed by atoms with Crippen molar-refractivity contribution >= 4 is 45.2 Å². The van der Waals surface area contributed by atoms with Crippen LogP contribution in [-0.4, -0.2) is 35.1 Å². The van der Waals surface area contributed by atoms with Crippen molar-refractivity contribution in [3.05, 3.63) is 59.8 Å². The van der Waals surface area contributed by atoms with E-state index in [9.17, 15) is 4.79 Å². The number of esters is 1. The zero-order chi connectivity index (χ0) is 21.1. The molecule has 2 N–H and O–H groups in total. The van der Waals surface area contributed by atoms with Crippen molar-refractivity contribution in [2.45, 2.75) is 0 Å². The van der Waals surface area contributed by atoms with Crippen molar-refractivity contribution in [1.82, 2.24) is 15.0 Å². The highest BCUT2D eigenvalue weighted by Crippen LogP contribution is 2.31. The fraction of sp³-hybridized carbons (Fsp3) is 0.0909. The van der Waals surface area contributed by atoms with E-state index in [1.165, 1.54) is 14.2 Å². The van der Waals surface area contributed by atoms with Crippen LogP contribution in [0.2, 0.25) is 0 Å². The van der Waals surface area contributed by atoms with E-state index in [0.717, 1.165) is 22.0 Å². The summed E-state index contributed by atoms with van der Waals surface area (Å²) in [5.74, 6) is 2.94. The molecule has 0 aliphatic rings. The summed E-state index contributed by atoms with van der Waals surface area (Å²) < 4.78 is 4.82. The molecule has 30 heavy (non-hydrogen) atoms. The number of carbonyl (C=O) groups is 1. The van der Waals surface area contributed by atoms with Crippen molar-refractivity contribution in [3.63, 3.8) is 0 Å². The average Bonchev–Trinajstić information content (AvgIpc) is 2.78. The quantitative estimate of drug-likeness (QED) is 0.227. The number of aromatic nitrogens is 3. The number of methoxy groups -OCH3 is 1. The first-order valence-corrected chi connectivity index (χ1v) is 8.94. The van der Waals surface area contributed by atoms with Gasteiger partial charge in [-0.1, -0.05) is 18.1 Å². The maximum Gasteiger partial charge on any atom is 0.337 e. The molecule has 0 radical (unpaired) electrons. The Morgan fingerprint density at radius 2 is 1.97 bits per heavy atom. The number of nitrogens with one attached hydrogen (secondary N) is 2. The van der Waals surface area contributed by atoms with E-state index in [2.05, 4.69) is 26.7 Å². The largest absolute Gasteiger partial charge is 0.465 e. The summed E-state index contributed by atoms with van der Waals surface area (Å²) >= 11 is 0. The van der Waals surface area contributed by atoms with Crippen LogP contribution in [0.5, 0.6) is 0 Å². The first kappa shape index (κ1) is 19.1. The Kier molecular flexibility index (Phi) is 5.11. The number of benzene rings is 2. The molecular weight excluding hydrogens is 382 g/mol. The van der Waals surface area contributed by atoms with E-state index in [4.69, 9.17) is 21.0 Å². The number of ether oxygens (including phenoxy) is 1. The third-order valence-electron chi connectivity index (χ3n) is 4.44. The molecule has 8 heteroatoms. The zero-order valence-electron chi connectivity index (χ0n) is 16.3. The molecule has 0 aliphatic carbocycles. The minimum Gasteiger partial charge on any atom is -0.465 e. The molecule has 2 aromatic heterocycles. The van der Waals surface area contributed by atoms with Gasteiger partial charge >= 0.3 is 5.97 Å². The molecule has 0 aliphatic heterocycles. The minimum absolute atomic E-state index is 0.290. The first-order chi connectivity index (χ1) is 14.6. The number of pyridine rings is 1. The highest BCUT2D eigenvalue weighted by molar-refractivity contribution is 6.10. The van der Waals surface area contributed by atoms with Crippen LogP contribution in [0.15, 0.2) is 48.7 Å². The van der Waals surface area contributed by atoms with Crippen molar-refractivity contribution in [3.8, 4) is 12.3 Å². The number of carbonyl (C=O) groups excluding carboxylic acids is 1. The molecule has 148 valence electrons. The number of rotatable bonds is 5. The van der Waals surface area contributed by atoms with Gasteiger partial charge in [0.05, 0.1) is 25.3 Å². The molecule has 0 amide bonds. The van der Waals surface area contributed by atoms with Gasteiger partial charge in [0.15, 0.2) is 5.82 Å². The minimum atomic E-state index is -0.439. The van der Waals surface area contributed by atoms with Gasteiger partial charge in [-0.3, -0.25) is 4.84 Å². The summed E-state index contributed by atoms with van der Waals surface area (Å²) in [5.41, 5.74) is 5.68. The molecule has 2 heterocycles. The van der Waals surface area contributed by atoms with E-state index >= 15 is 0 Å². The molecule has 0 atom stereocenters. The second-order valence-electron chi connectivity index (χ2n) is 6.30. The van der Waals surface area contributed by atoms with Crippen molar-refractivity contribution in [1.29, 1.82) is 0 Å². The number of terminal acetylenes is 1. The number of fused-ring (bicyclic) bond motifs is 3. The van der Waals surface area contributed by atoms with Gasteiger partial charge < -0.3 is 10.1 Å². The highest BCUT2D eigenvalue weighted by atomic mass is 16.6. The highest BCUT2D eigenvalue weighted by Gasteiger charge is 2.14. The van der Waals surface area contributed by atoms with E-state index in [-0.39, 0.29) is 5.95 Å². The summed E-state index contributed by atoms with van der Waals surface area (Å²) in [4.78, 5) is 30.4. The molecule has 8 nitrogen and oxygen atoms in total. The fourth-order valence-corrected chi connectivity index (χ4v) is 3.08. The molecule has 0 fully saturated rings. The number of hydrogen-bond acceptors (Lipinski definition) is 8. The van der Waals surface area contributed by atoms with Gasteiger partial charge in [0, 0.05) is 28.2 Å². The van der Waals surface area contributed by atoms with E-state index in [1.54, 1.807) is 24.4 Å². The standard InChI is InChI=1S/C22H17N5O3/c1-4-13-6-5-7-15(10-13)24-20-19-17(12-23-22(26-19)27-30-3)16-9-8-14(21(28)29-2)11-18(16)25-20/h1,5-12H,2-3H3,(H,24,25)(H,23,26,27). The predicted octanol–water partition coefficient (Wildman–Crippen LogP) is 3.66. The lowest BCUT2D eigenvalue weighted by molar-refractivity contribution is 0.0601. The number of hydrogen-bond donors (Lipinski definition) is 2. The zero-order valence-corrected chi connectivity index (χ0v) is 16.3. The predicted molar refractivity (Wildman–Crippen MR) is 114 cm³/mol. The van der Waals surface area contributed by atoms with Gasteiger partial charge in [-0.05, 0) is 30.3 Å². The third-order valence-corrected chi connectivity index (χ3v) is 4.44. The Bertz CT molecular complexity index is 1310. The summed E-state index contributed by atoms with van der Waals surface area (Å²) in [6.45, 7) is 0. The fourth-order valence-electron chi connectivity index (χ4n) is 3.08. The lowest BCUT2D eigenvalue weighted by Gasteiger charge is -2.13. The van der Waals surface area contributed by atoms with Crippen LogP contribution >= 0.6 is 0 Å². The molecule has 4 rings (SSSR count). The summed E-state index contributed by atoms with van der Waals surface area (Å²) in [7, 11) is 2.81. The van der Waals surface area contributed by atoms with Crippen molar-refractivity contribution < 1.29 is 14.4 Å². The Labute approximate surface area is 172 Å². The van der Waals surface area contributed by atoms with Gasteiger partial charge in [0.2, 0.25) is 5.95 Å². The normalized spacial score (nSPS) is 10.6. The van der Waals surface area contributed by atoms with E-state index in [1.807, 2.05) is 24.3 Å². The van der Waals surface area contributed by atoms with Crippen LogP contribution in [0.25, 0.3) is 21.8 Å². The second kappa shape index (κ2) is 8.03. The van der Waals surface area contributed by atoms with Crippen molar-refractivity contribution in [2.24, 2.45) is 0 Å². The van der Waals surface area contributed by atoms with Gasteiger partial charge in [-0.15, -0.1) is 6.42 Å². The number of anilines is 3. The molecule has 2 aromatic carbocycles. The third kappa shape index (κ3) is 3.57. The number of nitrogens with zero attached hydrogens (tertiary/aromatic N) is 3. The Morgan fingerprint density at radius 1 is 1.10 bits per heavy atom. The molecule has 0 unspecified atom stereocenters. The lowest BCUT2D eigenvalue weighted by atomic mass is 10.1. The molecule has 0 bridgehead atoms. The Balaban J connectivity index is 1.94. The summed E-state index contributed by atoms with van der Waals surface area (Å²) in [6, 6.07) is 12.5.